The van der Waals surface area contributed by atoms with E-state index in [0.29, 0.717) is 6.42 Å². The third-order valence-electron chi connectivity index (χ3n) is 1.76. The second-order valence-electron chi connectivity index (χ2n) is 3.28. The van der Waals surface area contributed by atoms with E-state index in [1.807, 2.05) is 0 Å². The van der Waals surface area contributed by atoms with Gasteiger partial charge in [-0.25, -0.2) is 4.79 Å². The molecule has 0 spiro atoms. The van der Waals surface area contributed by atoms with Crippen LogP contribution in [0.15, 0.2) is 23.9 Å². The highest BCUT2D eigenvalue weighted by atomic mass is 35.5. The Balaban J connectivity index is 2.55. The molecule has 0 radical (unpaired) electrons. The Labute approximate surface area is 93.4 Å². The highest BCUT2D eigenvalue weighted by Gasteiger charge is 2.22. The molecule has 0 bridgehead atoms. The number of alkyl halides is 2. The molecule has 0 heterocycles. The van der Waals surface area contributed by atoms with E-state index in [1.54, 1.807) is 32.3 Å². The minimum atomic E-state index is -0.841. The lowest BCUT2D eigenvalue weighted by atomic mass is 10.1. The Morgan fingerprint density at radius 2 is 2.21 bits per heavy atom. The van der Waals surface area contributed by atoms with Gasteiger partial charge in [-0.15, -0.1) is 0 Å². The SMILES string of the molecule is CN(C)C(=O)NC1=CCC(Cl)(Cl)C=C1. The zero-order chi connectivity index (χ0) is 10.8. The summed E-state index contributed by atoms with van der Waals surface area (Å²) >= 11 is 11.7. The highest BCUT2D eigenvalue weighted by molar-refractivity contribution is 6.50. The number of hydrogen-bond donors (Lipinski definition) is 1. The third kappa shape index (κ3) is 3.24. The van der Waals surface area contributed by atoms with E-state index in [-0.39, 0.29) is 6.03 Å². The molecule has 0 aromatic heterocycles. The summed E-state index contributed by atoms with van der Waals surface area (Å²) in [5, 5.41) is 2.70. The van der Waals surface area contributed by atoms with E-state index in [0.717, 1.165) is 5.70 Å². The molecule has 5 heteroatoms. The lowest BCUT2D eigenvalue weighted by Gasteiger charge is -2.19. The molecular weight excluding hydrogens is 223 g/mol. The van der Waals surface area contributed by atoms with Gasteiger partial charge in [-0.2, -0.15) is 0 Å². The van der Waals surface area contributed by atoms with Gasteiger partial charge in [0, 0.05) is 26.2 Å². The highest BCUT2D eigenvalue weighted by Crippen LogP contribution is 2.31. The van der Waals surface area contributed by atoms with Crippen LogP contribution in [0.2, 0.25) is 0 Å². The topological polar surface area (TPSA) is 32.3 Å². The maximum Gasteiger partial charge on any atom is 0.321 e. The molecular formula is C9H12Cl2N2O. The lowest BCUT2D eigenvalue weighted by molar-refractivity contribution is 0.220. The van der Waals surface area contributed by atoms with Crippen LogP contribution in [-0.4, -0.2) is 29.4 Å². The number of amides is 2. The summed E-state index contributed by atoms with van der Waals surface area (Å²) in [6.45, 7) is 0. The minimum absolute atomic E-state index is 0.169. The molecule has 0 aromatic rings. The number of urea groups is 1. The van der Waals surface area contributed by atoms with E-state index in [4.69, 9.17) is 23.2 Å². The summed E-state index contributed by atoms with van der Waals surface area (Å²) in [5.41, 5.74) is 0.723. The second-order valence-corrected chi connectivity index (χ2v) is 4.82. The predicted molar refractivity (Wildman–Crippen MR) is 58.5 cm³/mol. The van der Waals surface area contributed by atoms with Crippen LogP contribution in [0.5, 0.6) is 0 Å². The van der Waals surface area contributed by atoms with Crippen molar-refractivity contribution in [2.24, 2.45) is 0 Å². The lowest BCUT2D eigenvalue weighted by Crippen LogP contribution is -2.34. The van der Waals surface area contributed by atoms with E-state index >= 15 is 0 Å². The van der Waals surface area contributed by atoms with Gasteiger partial charge in [0.15, 0.2) is 0 Å². The Bertz CT molecular complexity index is 295. The fourth-order valence-corrected chi connectivity index (χ4v) is 1.20. The molecule has 78 valence electrons. The average Bonchev–Trinajstić information content (AvgIpc) is 2.08. The van der Waals surface area contributed by atoms with Crippen molar-refractivity contribution in [3.63, 3.8) is 0 Å². The Kier molecular flexibility index (Phi) is 3.45. The molecule has 0 aliphatic heterocycles. The summed E-state index contributed by atoms with van der Waals surface area (Å²) in [6.07, 6.45) is 5.64. The summed E-state index contributed by atoms with van der Waals surface area (Å²) in [6, 6.07) is -0.169. The first kappa shape index (κ1) is 11.4. The van der Waals surface area contributed by atoms with Crippen LogP contribution in [0, 0.1) is 0 Å². The number of carbonyl (C=O) groups excluding carboxylic acids is 1. The minimum Gasteiger partial charge on any atom is -0.331 e. The molecule has 1 aliphatic rings. The number of rotatable bonds is 1. The quantitative estimate of drug-likeness (QED) is 0.694. The molecule has 0 aromatic carbocycles. The fraction of sp³-hybridized carbons (Fsp3) is 0.444. The largest absolute Gasteiger partial charge is 0.331 e. The number of allylic oxidation sites excluding steroid dienone is 3. The van der Waals surface area contributed by atoms with E-state index in [1.165, 1.54) is 4.90 Å². The maximum atomic E-state index is 11.2. The molecule has 0 fully saturated rings. The van der Waals surface area contributed by atoms with Gasteiger partial charge in [-0.1, -0.05) is 29.3 Å². The van der Waals surface area contributed by atoms with Crippen molar-refractivity contribution in [1.82, 2.24) is 10.2 Å². The van der Waals surface area contributed by atoms with Crippen LogP contribution < -0.4 is 5.32 Å². The molecule has 2 amide bonds. The summed E-state index contributed by atoms with van der Waals surface area (Å²) in [4.78, 5) is 12.7. The molecule has 1 aliphatic carbocycles. The summed E-state index contributed by atoms with van der Waals surface area (Å²) in [5.74, 6) is 0. The van der Waals surface area contributed by atoms with Gasteiger partial charge in [0.2, 0.25) is 0 Å². The summed E-state index contributed by atoms with van der Waals surface area (Å²) < 4.78 is -0.841. The standard InChI is InChI=1S/C9H12Cl2N2O/c1-13(2)8(14)12-7-3-5-9(10,11)6-4-7/h3-5H,6H2,1-2H3,(H,12,14). The van der Waals surface area contributed by atoms with Gasteiger partial charge < -0.3 is 10.2 Å². The third-order valence-corrected chi connectivity index (χ3v) is 2.32. The number of nitrogens with one attached hydrogen (secondary N) is 1. The van der Waals surface area contributed by atoms with Crippen molar-refractivity contribution < 1.29 is 4.79 Å². The first-order valence-corrected chi connectivity index (χ1v) is 4.92. The molecule has 0 atom stereocenters. The monoisotopic (exact) mass is 234 g/mol. The van der Waals surface area contributed by atoms with Gasteiger partial charge in [0.1, 0.15) is 4.33 Å². The number of hydrogen-bond acceptors (Lipinski definition) is 1. The molecule has 1 N–H and O–H groups in total. The van der Waals surface area contributed by atoms with E-state index in [2.05, 4.69) is 5.32 Å². The van der Waals surface area contributed by atoms with Gasteiger partial charge in [0.05, 0.1) is 0 Å². The van der Waals surface area contributed by atoms with Crippen LogP contribution in [0.25, 0.3) is 0 Å². The van der Waals surface area contributed by atoms with Crippen LogP contribution in [0.4, 0.5) is 4.79 Å². The zero-order valence-corrected chi connectivity index (χ0v) is 9.56. The van der Waals surface area contributed by atoms with Gasteiger partial charge in [0.25, 0.3) is 0 Å². The van der Waals surface area contributed by atoms with Gasteiger partial charge in [-0.3, -0.25) is 0 Å². The Hall–Kier alpha value is -0.670. The first-order valence-electron chi connectivity index (χ1n) is 4.16. The summed E-state index contributed by atoms with van der Waals surface area (Å²) in [7, 11) is 3.35. The molecule has 3 nitrogen and oxygen atoms in total. The van der Waals surface area contributed by atoms with Crippen LogP contribution in [-0.2, 0) is 0 Å². The van der Waals surface area contributed by atoms with Crippen LogP contribution in [0.1, 0.15) is 6.42 Å². The number of nitrogens with zero attached hydrogens (tertiary/aromatic N) is 1. The molecule has 14 heavy (non-hydrogen) atoms. The molecule has 0 unspecified atom stereocenters. The zero-order valence-electron chi connectivity index (χ0n) is 8.05. The van der Waals surface area contributed by atoms with E-state index < -0.39 is 4.33 Å². The number of carbonyl (C=O) groups is 1. The van der Waals surface area contributed by atoms with Crippen molar-refractivity contribution >= 4 is 29.2 Å². The van der Waals surface area contributed by atoms with Gasteiger partial charge >= 0.3 is 6.03 Å². The smallest absolute Gasteiger partial charge is 0.321 e. The molecule has 0 saturated carbocycles. The van der Waals surface area contributed by atoms with Crippen molar-refractivity contribution in [2.75, 3.05) is 14.1 Å². The fourth-order valence-electron chi connectivity index (χ4n) is 0.922. The van der Waals surface area contributed by atoms with Crippen molar-refractivity contribution in [1.29, 1.82) is 0 Å². The first-order chi connectivity index (χ1) is 6.41. The van der Waals surface area contributed by atoms with Crippen LogP contribution >= 0.6 is 23.2 Å². The van der Waals surface area contributed by atoms with Crippen molar-refractivity contribution in [2.45, 2.75) is 10.8 Å². The normalized spacial score (nSPS) is 18.7. The molecule has 0 saturated heterocycles. The van der Waals surface area contributed by atoms with E-state index in [9.17, 15) is 4.79 Å². The Morgan fingerprint density at radius 1 is 1.57 bits per heavy atom. The van der Waals surface area contributed by atoms with Gasteiger partial charge in [-0.05, 0) is 12.2 Å². The average molecular weight is 235 g/mol. The Morgan fingerprint density at radius 3 is 2.64 bits per heavy atom. The number of halogens is 2. The van der Waals surface area contributed by atoms with Crippen molar-refractivity contribution in [3.8, 4) is 0 Å². The second kappa shape index (κ2) is 4.24. The van der Waals surface area contributed by atoms with Crippen molar-refractivity contribution in [3.05, 3.63) is 23.9 Å². The van der Waals surface area contributed by atoms with Crippen LogP contribution in [0.3, 0.4) is 0 Å². The maximum absolute atomic E-state index is 11.2. The predicted octanol–water partition coefficient (Wildman–Crippen LogP) is 2.28. The molecule has 1 rings (SSSR count).